The smallest absolute Gasteiger partial charge is 0.00222 e. The van der Waals surface area contributed by atoms with E-state index in [4.69, 9.17) is 0 Å². The Bertz CT molecular complexity index is 104. The number of hydrogen-bond donors (Lipinski definition) is 1. The van der Waals surface area contributed by atoms with Crippen LogP contribution >= 0.6 is 0 Å². The Morgan fingerprint density at radius 1 is 1.45 bits per heavy atom. The van der Waals surface area contributed by atoms with Crippen LogP contribution in [0.2, 0.25) is 0 Å². The molecule has 1 saturated heterocycles. The van der Waals surface area contributed by atoms with Crippen LogP contribution in [0.5, 0.6) is 0 Å². The third-order valence-corrected chi connectivity index (χ3v) is 2.50. The Balaban J connectivity index is 2.09. The maximum atomic E-state index is 3.41. The molecular weight excluding hydrogens is 136 g/mol. The van der Waals surface area contributed by atoms with Gasteiger partial charge in [0.2, 0.25) is 0 Å². The molecule has 0 aromatic heterocycles. The molecule has 0 radical (unpaired) electrons. The summed E-state index contributed by atoms with van der Waals surface area (Å²) in [6.45, 7) is 10.6. The molecule has 1 N–H and O–H groups in total. The SMILES string of the molecule is CCNC[C@H]1CCN(CC)C1. The van der Waals surface area contributed by atoms with E-state index >= 15 is 0 Å². The average Bonchev–Trinajstić information content (AvgIpc) is 2.48. The lowest BCUT2D eigenvalue weighted by atomic mass is 10.1. The van der Waals surface area contributed by atoms with Crippen LogP contribution in [0.15, 0.2) is 0 Å². The van der Waals surface area contributed by atoms with Gasteiger partial charge in [-0.3, -0.25) is 0 Å². The molecule has 0 spiro atoms. The van der Waals surface area contributed by atoms with Crippen molar-refractivity contribution in [1.82, 2.24) is 10.2 Å². The molecule has 0 amide bonds. The molecular formula is C9H20N2. The van der Waals surface area contributed by atoms with Crippen molar-refractivity contribution in [3.63, 3.8) is 0 Å². The van der Waals surface area contributed by atoms with Gasteiger partial charge in [-0.1, -0.05) is 13.8 Å². The van der Waals surface area contributed by atoms with E-state index in [0.29, 0.717) is 0 Å². The second-order valence-corrected chi connectivity index (χ2v) is 3.36. The van der Waals surface area contributed by atoms with Crippen LogP contribution in [-0.4, -0.2) is 37.6 Å². The summed E-state index contributed by atoms with van der Waals surface area (Å²) in [7, 11) is 0. The summed E-state index contributed by atoms with van der Waals surface area (Å²) >= 11 is 0. The molecule has 11 heavy (non-hydrogen) atoms. The Kier molecular flexibility index (Phi) is 3.87. The van der Waals surface area contributed by atoms with Crippen LogP contribution < -0.4 is 5.32 Å². The van der Waals surface area contributed by atoms with Crippen molar-refractivity contribution in [2.75, 3.05) is 32.7 Å². The maximum absolute atomic E-state index is 3.41. The van der Waals surface area contributed by atoms with Crippen LogP contribution in [0.3, 0.4) is 0 Å². The Morgan fingerprint density at radius 3 is 2.82 bits per heavy atom. The van der Waals surface area contributed by atoms with Crippen molar-refractivity contribution in [3.8, 4) is 0 Å². The number of nitrogens with zero attached hydrogens (tertiary/aromatic N) is 1. The Morgan fingerprint density at radius 2 is 2.27 bits per heavy atom. The van der Waals surface area contributed by atoms with E-state index in [9.17, 15) is 0 Å². The summed E-state index contributed by atoms with van der Waals surface area (Å²) in [6, 6.07) is 0. The minimum atomic E-state index is 0.912. The fourth-order valence-corrected chi connectivity index (χ4v) is 1.72. The van der Waals surface area contributed by atoms with Gasteiger partial charge in [0.25, 0.3) is 0 Å². The van der Waals surface area contributed by atoms with Crippen molar-refractivity contribution < 1.29 is 0 Å². The molecule has 2 heteroatoms. The fraction of sp³-hybridized carbons (Fsp3) is 1.00. The predicted octanol–water partition coefficient (Wildman–Crippen LogP) is 0.938. The highest BCUT2D eigenvalue weighted by Crippen LogP contribution is 2.14. The van der Waals surface area contributed by atoms with Gasteiger partial charge < -0.3 is 10.2 Å². The number of rotatable bonds is 4. The summed E-state index contributed by atoms with van der Waals surface area (Å²) in [6.07, 6.45) is 1.39. The normalized spacial score (nSPS) is 26.2. The molecule has 0 aliphatic carbocycles. The van der Waals surface area contributed by atoms with Gasteiger partial charge in [0.05, 0.1) is 0 Å². The van der Waals surface area contributed by atoms with Crippen molar-refractivity contribution >= 4 is 0 Å². The molecule has 1 heterocycles. The summed E-state index contributed by atoms with van der Waals surface area (Å²) < 4.78 is 0. The molecule has 1 aliphatic rings. The second-order valence-electron chi connectivity index (χ2n) is 3.36. The molecule has 0 unspecified atom stereocenters. The van der Waals surface area contributed by atoms with Crippen LogP contribution in [0.25, 0.3) is 0 Å². The largest absolute Gasteiger partial charge is 0.317 e. The summed E-state index contributed by atoms with van der Waals surface area (Å²) in [5.41, 5.74) is 0. The molecule has 1 rings (SSSR count). The number of likely N-dealkylation sites (tertiary alicyclic amines) is 1. The minimum absolute atomic E-state index is 0.912. The van der Waals surface area contributed by atoms with Gasteiger partial charge in [-0.05, 0) is 38.5 Å². The molecule has 0 aromatic rings. The van der Waals surface area contributed by atoms with E-state index in [1.54, 1.807) is 0 Å². The molecule has 0 saturated carbocycles. The highest BCUT2D eigenvalue weighted by Gasteiger charge is 2.19. The van der Waals surface area contributed by atoms with Gasteiger partial charge >= 0.3 is 0 Å². The topological polar surface area (TPSA) is 15.3 Å². The van der Waals surface area contributed by atoms with E-state index in [2.05, 4.69) is 24.1 Å². The summed E-state index contributed by atoms with van der Waals surface area (Å²) in [5, 5.41) is 3.41. The molecule has 1 atom stereocenters. The Hall–Kier alpha value is -0.0800. The standard InChI is InChI=1S/C9H20N2/c1-3-10-7-9-5-6-11(4-2)8-9/h9-10H,3-8H2,1-2H3/t9-/m1/s1. The molecule has 0 aromatic carbocycles. The lowest BCUT2D eigenvalue weighted by molar-refractivity contribution is 0.339. The second kappa shape index (κ2) is 4.73. The van der Waals surface area contributed by atoms with Crippen molar-refractivity contribution in [3.05, 3.63) is 0 Å². The van der Waals surface area contributed by atoms with Crippen molar-refractivity contribution in [1.29, 1.82) is 0 Å². The maximum Gasteiger partial charge on any atom is 0.00222 e. The quantitative estimate of drug-likeness (QED) is 0.651. The average molecular weight is 156 g/mol. The number of hydrogen-bond acceptors (Lipinski definition) is 2. The van der Waals surface area contributed by atoms with Crippen LogP contribution in [0, 0.1) is 5.92 Å². The first kappa shape index (κ1) is 9.01. The van der Waals surface area contributed by atoms with Crippen LogP contribution in [-0.2, 0) is 0 Å². The lowest BCUT2D eigenvalue weighted by Crippen LogP contribution is -2.26. The van der Waals surface area contributed by atoms with Gasteiger partial charge in [0.15, 0.2) is 0 Å². The van der Waals surface area contributed by atoms with E-state index in [1.807, 2.05) is 0 Å². The van der Waals surface area contributed by atoms with Crippen LogP contribution in [0.1, 0.15) is 20.3 Å². The van der Waals surface area contributed by atoms with Crippen molar-refractivity contribution in [2.45, 2.75) is 20.3 Å². The highest BCUT2D eigenvalue weighted by molar-refractivity contribution is 4.75. The first-order chi connectivity index (χ1) is 5.36. The zero-order valence-electron chi connectivity index (χ0n) is 7.77. The molecule has 1 fully saturated rings. The third kappa shape index (κ3) is 2.80. The molecule has 66 valence electrons. The third-order valence-electron chi connectivity index (χ3n) is 2.50. The van der Waals surface area contributed by atoms with Gasteiger partial charge in [-0.2, -0.15) is 0 Å². The highest BCUT2D eigenvalue weighted by atomic mass is 15.1. The lowest BCUT2D eigenvalue weighted by Gasteiger charge is -2.12. The first-order valence-corrected chi connectivity index (χ1v) is 4.79. The van der Waals surface area contributed by atoms with Gasteiger partial charge in [0, 0.05) is 6.54 Å². The van der Waals surface area contributed by atoms with Gasteiger partial charge in [-0.25, -0.2) is 0 Å². The zero-order valence-corrected chi connectivity index (χ0v) is 7.77. The molecule has 0 bridgehead atoms. The van der Waals surface area contributed by atoms with E-state index < -0.39 is 0 Å². The van der Waals surface area contributed by atoms with Gasteiger partial charge in [0.1, 0.15) is 0 Å². The summed E-state index contributed by atoms with van der Waals surface area (Å²) in [4.78, 5) is 2.53. The molecule has 2 nitrogen and oxygen atoms in total. The monoisotopic (exact) mass is 156 g/mol. The Labute approximate surface area is 70.0 Å². The zero-order chi connectivity index (χ0) is 8.10. The minimum Gasteiger partial charge on any atom is -0.317 e. The summed E-state index contributed by atoms with van der Waals surface area (Å²) in [5.74, 6) is 0.912. The van der Waals surface area contributed by atoms with E-state index in [-0.39, 0.29) is 0 Å². The fourth-order valence-electron chi connectivity index (χ4n) is 1.72. The molecule has 1 aliphatic heterocycles. The first-order valence-electron chi connectivity index (χ1n) is 4.79. The number of nitrogens with one attached hydrogen (secondary N) is 1. The van der Waals surface area contributed by atoms with Crippen LogP contribution in [0.4, 0.5) is 0 Å². The van der Waals surface area contributed by atoms with Gasteiger partial charge in [-0.15, -0.1) is 0 Å². The van der Waals surface area contributed by atoms with Crippen molar-refractivity contribution in [2.24, 2.45) is 5.92 Å². The van der Waals surface area contributed by atoms with E-state index in [1.165, 1.54) is 32.6 Å². The predicted molar refractivity (Wildman–Crippen MR) is 48.8 cm³/mol. The van der Waals surface area contributed by atoms with E-state index in [0.717, 1.165) is 12.5 Å².